The van der Waals surface area contributed by atoms with Gasteiger partial charge >= 0.3 is 0 Å². The van der Waals surface area contributed by atoms with Crippen LogP contribution in [0.15, 0.2) is 0 Å². The quantitative estimate of drug-likeness (QED) is 0.773. The molecule has 1 heterocycles. The Morgan fingerprint density at radius 1 is 1.32 bits per heavy atom. The molecule has 1 atom stereocenters. The number of nitrogens with one attached hydrogen (secondary N) is 1. The van der Waals surface area contributed by atoms with Crippen molar-refractivity contribution < 1.29 is 0 Å². The fourth-order valence-corrected chi connectivity index (χ4v) is 4.19. The zero-order valence-electron chi connectivity index (χ0n) is 12.5. The zero-order chi connectivity index (χ0) is 13.7. The Kier molecular flexibility index (Phi) is 5.34. The van der Waals surface area contributed by atoms with Crippen molar-refractivity contribution in [3.8, 4) is 0 Å². The smallest absolute Gasteiger partial charge is 0.121 e. The van der Waals surface area contributed by atoms with Crippen molar-refractivity contribution in [3.63, 3.8) is 0 Å². The van der Waals surface area contributed by atoms with Gasteiger partial charge in [0, 0.05) is 12.3 Å². The van der Waals surface area contributed by atoms with E-state index < -0.39 is 0 Å². The first-order chi connectivity index (χ1) is 9.13. The van der Waals surface area contributed by atoms with E-state index in [1.54, 1.807) is 0 Å². The fourth-order valence-electron chi connectivity index (χ4n) is 2.96. The van der Waals surface area contributed by atoms with Gasteiger partial charge in [-0.25, -0.2) is 0 Å². The average Bonchev–Trinajstić information content (AvgIpc) is 2.95. The Morgan fingerprint density at radius 2 is 2.16 bits per heavy atom. The van der Waals surface area contributed by atoms with Crippen LogP contribution in [0, 0.1) is 5.41 Å². The third-order valence-corrected chi connectivity index (χ3v) is 5.31. The molecule has 0 aliphatic heterocycles. The first-order valence-electron chi connectivity index (χ1n) is 7.66. The maximum absolute atomic E-state index is 4.46. The van der Waals surface area contributed by atoms with Crippen LogP contribution in [0.1, 0.15) is 68.8 Å². The van der Waals surface area contributed by atoms with Gasteiger partial charge in [-0.3, -0.25) is 0 Å². The largest absolute Gasteiger partial charge is 0.317 e. The van der Waals surface area contributed by atoms with Crippen molar-refractivity contribution in [2.75, 3.05) is 13.1 Å². The molecule has 0 amide bonds. The van der Waals surface area contributed by atoms with Crippen molar-refractivity contribution in [2.24, 2.45) is 5.41 Å². The molecule has 2 rings (SSSR count). The molecule has 108 valence electrons. The van der Waals surface area contributed by atoms with E-state index in [4.69, 9.17) is 0 Å². The third kappa shape index (κ3) is 3.99. The molecule has 1 aromatic rings. The summed E-state index contributed by atoms with van der Waals surface area (Å²) in [4.78, 5) is 0. The molecule has 0 bridgehead atoms. The zero-order valence-corrected chi connectivity index (χ0v) is 13.4. The summed E-state index contributed by atoms with van der Waals surface area (Å²) in [6, 6.07) is 0. The summed E-state index contributed by atoms with van der Waals surface area (Å²) >= 11 is 1.85. The molecule has 4 heteroatoms. The molecule has 3 nitrogen and oxygen atoms in total. The second-order valence-corrected chi connectivity index (χ2v) is 7.41. The van der Waals surface area contributed by atoms with E-state index in [1.807, 2.05) is 11.3 Å². The maximum atomic E-state index is 4.46. The molecular formula is C15H27N3S. The van der Waals surface area contributed by atoms with Crippen LogP contribution in [0.4, 0.5) is 0 Å². The monoisotopic (exact) mass is 281 g/mol. The van der Waals surface area contributed by atoms with Gasteiger partial charge in [-0.2, -0.15) is 0 Å². The Labute approximate surface area is 121 Å². The van der Waals surface area contributed by atoms with Gasteiger partial charge in [0.1, 0.15) is 10.0 Å². The van der Waals surface area contributed by atoms with Crippen molar-refractivity contribution in [3.05, 3.63) is 10.0 Å². The Morgan fingerprint density at radius 3 is 2.84 bits per heavy atom. The third-order valence-electron chi connectivity index (χ3n) is 4.21. The summed E-state index contributed by atoms with van der Waals surface area (Å²) < 4.78 is 0. The Hall–Kier alpha value is -0.480. The van der Waals surface area contributed by atoms with E-state index in [2.05, 4.69) is 36.3 Å². The number of hydrogen-bond donors (Lipinski definition) is 1. The summed E-state index contributed by atoms with van der Waals surface area (Å²) in [7, 11) is 0. The summed E-state index contributed by atoms with van der Waals surface area (Å²) in [6.07, 6.45) is 7.41. The summed E-state index contributed by atoms with van der Waals surface area (Å²) in [5.41, 5.74) is 0.416. The minimum absolute atomic E-state index is 0.416. The van der Waals surface area contributed by atoms with E-state index in [1.165, 1.54) is 42.1 Å². The predicted molar refractivity (Wildman–Crippen MR) is 81.8 cm³/mol. The molecule has 0 spiro atoms. The Balaban J connectivity index is 1.82. The summed E-state index contributed by atoms with van der Waals surface area (Å²) in [5.74, 6) is 0.636. The Bertz CT molecular complexity index is 386. The topological polar surface area (TPSA) is 37.8 Å². The van der Waals surface area contributed by atoms with Gasteiger partial charge in [-0.05, 0) is 44.2 Å². The maximum Gasteiger partial charge on any atom is 0.121 e. The van der Waals surface area contributed by atoms with Crippen LogP contribution in [0.2, 0.25) is 0 Å². The number of aromatic nitrogens is 2. The number of aryl methyl sites for hydroxylation is 1. The molecule has 19 heavy (non-hydrogen) atoms. The van der Waals surface area contributed by atoms with Gasteiger partial charge in [-0.15, -0.1) is 21.5 Å². The average molecular weight is 281 g/mol. The number of nitrogens with zero attached hydrogens (tertiary/aromatic N) is 2. The first kappa shape index (κ1) is 14.9. The van der Waals surface area contributed by atoms with Crippen LogP contribution in [0.25, 0.3) is 0 Å². The highest BCUT2D eigenvalue weighted by Crippen LogP contribution is 2.49. The van der Waals surface area contributed by atoms with Crippen molar-refractivity contribution in [2.45, 2.75) is 65.2 Å². The van der Waals surface area contributed by atoms with Crippen LogP contribution in [0.5, 0.6) is 0 Å². The van der Waals surface area contributed by atoms with Gasteiger partial charge < -0.3 is 5.32 Å². The summed E-state index contributed by atoms with van der Waals surface area (Å²) in [5, 5.41) is 14.8. The summed E-state index contributed by atoms with van der Waals surface area (Å²) in [6.45, 7) is 9.17. The first-order valence-corrected chi connectivity index (χ1v) is 8.48. The lowest BCUT2D eigenvalue weighted by atomic mass is 9.82. The SMILES string of the molecule is CCCNCCCc1nnc(C2CCCC2(C)C)s1. The molecule has 0 aromatic carbocycles. The van der Waals surface area contributed by atoms with E-state index in [9.17, 15) is 0 Å². The van der Waals surface area contributed by atoms with Crippen LogP contribution in [-0.2, 0) is 6.42 Å². The molecule has 1 saturated carbocycles. The molecule has 1 unspecified atom stereocenters. The highest BCUT2D eigenvalue weighted by atomic mass is 32.1. The van der Waals surface area contributed by atoms with Gasteiger partial charge in [0.15, 0.2) is 0 Å². The van der Waals surface area contributed by atoms with Crippen LogP contribution in [0.3, 0.4) is 0 Å². The normalized spacial score (nSPS) is 21.9. The van der Waals surface area contributed by atoms with Gasteiger partial charge in [0.05, 0.1) is 0 Å². The fraction of sp³-hybridized carbons (Fsp3) is 0.867. The molecular weight excluding hydrogens is 254 g/mol. The molecule has 0 saturated heterocycles. The van der Waals surface area contributed by atoms with E-state index >= 15 is 0 Å². The number of rotatable bonds is 7. The molecule has 1 aromatic heterocycles. The minimum atomic E-state index is 0.416. The van der Waals surface area contributed by atoms with Crippen LogP contribution < -0.4 is 5.32 Å². The van der Waals surface area contributed by atoms with E-state index in [0.29, 0.717) is 11.3 Å². The van der Waals surface area contributed by atoms with Crippen LogP contribution >= 0.6 is 11.3 Å². The standard InChI is InChI=1S/C15H27N3S/c1-4-10-16-11-6-8-13-17-18-14(19-13)12-7-5-9-15(12,2)3/h12,16H,4-11H2,1-3H3. The van der Waals surface area contributed by atoms with Gasteiger partial charge in [0.2, 0.25) is 0 Å². The minimum Gasteiger partial charge on any atom is -0.317 e. The van der Waals surface area contributed by atoms with E-state index in [0.717, 1.165) is 19.5 Å². The van der Waals surface area contributed by atoms with E-state index in [-0.39, 0.29) is 0 Å². The highest BCUT2D eigenvalue weighted by Gasteiger charge is 2.37. The highest BCUT2D eigenvalue weighted by molar-refractivity contribution is 7.11. The molecule has 1 aliphatic rings. The molecule has 1 fully saturated rings. The van der Waals surface area contributed by atoms with Gasteiger partial charge in [0.25, 0.3) is 0 Å². The molecule has 1 N–H and O–H groups in total. The molecule has 0 radical (unpaired) electrons. The second kappa shape index (κ2) is 6.80. The second-order valence-electron chi connectivity index (χ2n) is 6.32. The van der Waals surface area contributed by atoms with Crippen LogP contribution in [-0.4, -0.2) is 23.3 Å². The lowest BCUT2D eigenvalue weighted by Crippen LogP contribution is -2.16. The lowest BCUT2D eigenvalue weighted by Gasteiger charge is -2.24. The van der Waals surface area contributed by atoms with Crippen molar-refractivity contribution >= 4 is 11.3 Å². The lowest BCUT2D eigenvalue weighted by molar-refractivity contribution is 0.330. The van der Waals surface area contributed by atoms with Crippen molar-refractivity contribution in [1.82, 2.24) is 15.5 Å². The molecule has 1 aliphatic carbocycles. The predicted octanol–water partition coefficient (Wildman–Crippen LogP) is 3.76. The van der Waals surface area contributed by atoms with Gasteiger partial charge in [-0.1, -0.05) is 27.2 Å². The van der Waals surface area contributed by atoms with Crippen molar-refractivity contribution in [1.29, 1.82) is 0 Å². The number of hydrogen-bond acceptors (Lipinski definition) is 4.